The van der Waals surface area contributed by atoms with Gasteiger partial charge in [-0.1, -0.05) is 32.9 Å². The number of hydrogen-bond donors (Lipinski definition) is 1. The molecule has 1 aromatic rings. The van der Waals surface area contributed by atoms with Crippen molar-refractivity contribution in [1.29, 1.82) is 0 Å². The van der Waals surface area contributed by atoms with Crippen molar-refractivity contribution in [3.8, 4) is 0 Å². The molecule has 1 amide bonds. The topological polar surface area (TPSA) is 69.7 Å². The van der Waals surface area contributed by atoms with Crippen LogP contribution in [0.3, 0.4) is 0 Å². The number of hydrogen-bond acceptors (Lipinski definition) is 4. The zero-order valence-electron chi connectivity index (χ0n) is 15.9. The summed E-state index contributed by atoms with van der Waals surface area (Å²) >= 11 is 0. The minimum atomic E-state index is -3.51. The number of nitrogens with zero attached hydrogens (tertiary/aromatic N) is 2. The van der Waals surface area contributed by atoms with Crippen LogP contribution < -0.4 is 5.32 Å². The first-order valence-electron chi connectivity index (χ1n) is 9.30. The fourth-order valence-corrected chi connectivity index (χ4v) is 4.97. The average molecular weight is 380 g/mol. The number of nitrogens with one attached hydrogen (secondary N) is 1. The van der Waals surface area contributed by atoms with Gasteiger partial charge in [-0.05, 0) is 36.1 Å². The Balaban J connectivity index is 1.65. The third kappa shape index (κ3) is 3.94. The van der Waals surface area contributed by atoms with E-state index in [0.717, 1.165) is 25.1 Å². The summed E-state index contributed by atoms with van der Waals surface area (Å²) < 4.78 is 27.3. The molecule has 1 atom stereocenters. The van der Waals surface area contributed by atoms with Crippen molar-refractivity contribution in [3.63, 3.8) is 0 Å². The van der Waals surface area contributed by atoms with Crippen LogP contribution in [0.1, 0.15) is 32.8 Å². The van der Waals surface area contributed by atoms with Gasteiger partial charge in [0.2, 0.25) is 15.9 Å². The second-order valence-corrected chi connectivity index (χ2v) is 10.1. The number of piperazine rings is 1. The molecular formula is C19H29N3O3S. The first-order chi connectivity index (χ1) is 12.2. The third-order valence-corrected chi connectivity index (χ3v) is 7.23. The Morgan fingerprint density at radius 2 is 1.69 bits per heavy atom. The molecule has 7 heteroatoms. The second-order valence-electron chi connectivity index (χ2n) is 8.19. The van der Waals surface area contributed by atoms with Gasteiger partial charge in [-0.3, -0.25) is 4.79 Å². The quantitative estimate of drug-likeness (QED) is 0.863. The van der Waals surface area contributed by atoms with E-state index in [0.29, 0.717) is 31.1 Å². The van der Waals surface area contributed by atoms with E-state index in [1.54, 1.807) is 12.1 Å². The first kappa shape index (κ1) is 19.3. The summed E-state index contributed by atoms with van der Waals surface area (Å²) in [6.45, 7) is 9.58. The number of amides is 1. The molecule has 0 bridgehead atoms. The fraction of sp³-hybridized carbons (Fsp3) is 0.632. The lowest BCUT2D eigenvalue weighted by Crippen LogP contribution is -2.52. The van der Waals surface area contributed by atoms with Crippen LogP contribution in [0.15, 0.2) is 29.2 Å². The first-order valence-corrected chi connectivity index (χ1v) is 10.7. The zero-order valence-corrected chi connectivity index (χ0v) is 16.7. The third-order valence-electron chi connectivity index (χ3n) is 5.32. The Hall–Kier alpha value is -1.44. The van der Waals surface area contributed by atoms with E-state index in [1.807, 2.05) is 17.0 Å². The lowest BCUT2D eigenvalue weighted by atomic mass is 9.87. The van der Waals surface area contributed by atoms with Crippen LogP contribution in [0.2, 0.25) is 0 Å². The normalized spacial score (nSPS) is 22.6. The van der Waals surface area contributed by atoms with Gasteiger partial charge in [0.15, 0.2) is 0 Å². The average Bonchev–Trinajstić information content (AvgIpc) is 3.15. The SMILES string of the molecule is CC(C)(C)c1ccc(S(=O)(=O)N2CCN(C(=O)C3CCNC3)CC2)cc1. The van der Waals surface area contributed by atoms with E-state index < -0.39 is 10.0 Å². The second kappa shape index (κ2) is 7.29. The maximum Gasteiger partial charge on any atom is 0.243 e. The Bertz CT molecular complexity index is 739. The Morgan fingerprint density at radius 1 is 1.08 bits per heavy atom. The molecular weight excluding hydrogens is 350 g/mol. The molecule has 26 heavy (non-hydrogen) atoms. The molecule has 2 aliphatic heterocycles. The molecule has 0 radical (unpaired) electrons. The molecule has 144 valence electrons. The van der Waals surface area contributed by atoms with E-state index in [-0.39, 0.29) is 17.2 Å². The van der Waals surface area contributed by atoms with Crippen LogP contribution >= 0.6 is 0 Å². The van der Waals surface area contributed by atoms with E-state index in [9.17, 15) is 13.2 Å². The maximum absolute atomic E-state index is 12.9. The number of sulfonamides is 1. The molecule has 0 saturated carbocycles. The standard InChI is InChI=1S/C19H29N3O3S/c1-19(2,3)16-4-6-17(7-5-16)26(24,25)22-12-10-21(11-13-22)18(23)15-8-9-20-14-15/h4-7,15,20H,8-14H2,1-3H3. The van der Waals surface area contributed by atoms with Gasteiger partial charge >= 0.3 is 0 Å². The lowest BCUT2D eigenvalue weighted by Gasteiger charge is -2.35. The van der Waals surface area contributed by atoms with Gasteiger partial charge in [0.25, 0.3) is 0 Å². The van der Waals surface area contributed by atoms with Crippen molar-refractivity contribution >= 4 is 15.9 Å². The van der Waals surface area contributed by atoms with Crippen LogP contribution in [0.25, 0.3) is 0 Å². The molecule has 2 saturated heterocycles. The molecule has 2 heterocycles. The largest absolute Gasteiger partial charge is 0.340 e. The zero-order chi connectivity index (χ0) is 18.9. The fourth-order valence-electron chi connectivity index (χ4n) is 3.55. The Kier molecular flexibility index (Phi) is 5.42. The summed E-state index contributed by atoms with van der Waals surface area (Å²) in [5.74, 6) is 0.199. The van der Waals surface area contributed by atoms with Crippen LogP contribution in [0.4, 0.5) is 0 Å². The van der Waals surface area contributed by atoms with Crippen molar-refractivity contribution in [2.75, 3.05) is 39.3 Å². The smallest absolute Gasteiger partial charge is 0.243 e. The summed E-state index contributed by atoms with van der Waals surface area (Å²) in [6, 6.07) is 7.16. The summed E-state index contributed by atoms with van der Waals surface area (Å²) in [4.78, 5) is 14.6. The van der Waals surface area contributed by atoms with Gasteiger partial charge in [-0.15, -0.1) is 0 Å². The van der Waals surface area contributed by atoms with E-state index in [4.69, 9.17) is 0 Å². The minimum absolute atomic E-state index is 0.0105. The molecule has 6 nitrogen and oxygen atoms in total. The summed E-state index contributed by atoms with van der Waals surface area (Å²) in [5, 5.41) is 3.21. The van der Waals surface area contributed by atoms with E-state index in [2.05, 4.69) is 26.1 Å². The van der Waals surface area contributed by atoms with Gasteiger partial charge in [-0.25, -0.2) is 8.42 Å². The molecule has 1 N–H and O–H groups in total. The van der Waals surface area contributed by atoms with Crippen molar-refractivity contribution in [1.82, 2.24) is 14.5 Å². The monoisotopic (exact) mass is 379 g/mol. The van der Waals surface area contributed by atoms with E-state index >= 15 is 0 Å². The van der Waals surface area contributed by atoms with Gasteiger partial charge in [-0.2, -0.15) is 4.31 Å². The molecule has 1 unspecified atom stereocenters. The highest BCUT2D eigenvalue weighted by Crippen LogP contribution is 2.25. The van der Waals surface area contributed by atoms with Crippen LogP contribution in [0, 0.1) is 5.92 Å². The number of carbonyl (C=O) groups excluding carboxylic acids is 1. The minimum Gasteiger partial charge on any atom is -0.340 e. The number of benzene rings is 1. The predicted molar refractivity (Wildman–Crippen MR) is 101 cm³/mol. The molecule has 0 aliphatic carbocycles. The summed E-state index contributed by atoms with van der Waals surface area (Å²) in [7, 11) is -3.51. The Morgan fingerprint density at radius 3 is 2.19 bits per heavy atom. The summed E-state index contributed by atoms with van der Waals surface area (Å²) in [5.41, 5.74) is 1.10. The highest BCUT2D eigenvalue weighted by molar-refractivity contribution is 7.89. The van der Waals surface area contributed by atoms with Crippen LogP contribution in [0.5, 0.6) is 0 Å². The molecule has 1 aromatic carbocycles. The van der Waals surface area contributed by atoms with Crippen LogP contribution in [-0.2, 0) is 20.2 Å². The summed E-state index contributed by atoms with van der Waals surface area (Å²) in [6.07, 6.45) is 0.872. The molecule has 0 aromatic heterocycles. The van der Waals surface area contributed by atoms with Crippen LogP contribution in [-0.4, -0.2) is 62.8 Å². The number of carbonyl (C=O) groups is 1. The van der Waals surface area contributed by atoms with Gasteiger partial charge in [0.1, 0.15) is 0 Å². The van der Waals surface area contributed by atoms with Gasteiger partial charge < -0.3 is 10.2 Å². The highest BCUT2D eigenvalue weighted by atomic mass is 32.2. The van der Waals surface area contributed by atoms with Gasteiger partial charge in [0, 0.05) is 32.7 Å². The predicted octanol–water partition coefficient (Wildman–Crippen LogP) is 1.43. The Labute approximate surface area is 156 Å². The molecule has 2 aliphatic rings. The lowest BCUT2D eigenvalue weighted by molar-refractivity contribution is -0.136. The molecule has 0 spiro atoms. The van der Waals surface area contributed by atoms with Gasteiger partial charge in [0.05, 0.1) is 10.8 Å². The maximum atomic E-state index is 12.9. The number of rotatable bonds is 3. The highest BCUT2D eigenvalue weighted by Gasteiger charge is 2.33. The van der Waals surface area contributed by atoms with Crippen molar-refractivity contribution in [2.45, 2.75) is 37.5 Å². The molecule has 2 fully saturated rings. The van der Waals surface area contributed by atoms with Crippen molar-refractivity contribution < 1.29 is 13.2 Å². The molecule has 3 rings (SSSR count). The van der Waals surface area contributed by atoms with E-state index in [1.165, 1.54) is 4.31 Å². The van der Waals surface area contributed by atoms with Crippen molar-refractivity contribution in [2.24, 2.45) is 5.92 Å². The van der Waals surface area contributed by atoms with Crippen molar-refractivity contribution in [3.05, 3.63) is 29.8 Å².